The van der Waals surface area contributed by atoms with Crippen LogP contribution in [0.5, 0.6) is 0 Å². The third-order valence-corrected chi connectivity index (χ3v) is 7.97. The van der Waals surface area contributed by atoms with Crippen LogP contribution >= 0.6 is 22.7 Å². The number of pyridine rings is 1. The molecule has 0 aliphatic heterocycles. The van der Waals surface area contributed by atoms with Crippen LogP contribution in [-0.2, 0) is 23.5 Å². The Morgan fingerprint density at radius 1 is 1.24 bits per heavy atom. The molecule has 29 heavy (non-hydrogen) atoms. The SMILES string of the molecule is Cc1cccnc1[C@@H](Cc1ccsc1)NS(=O)(=O)c1ccc2c(c1)sc(=O)n2C. The Morgan fingerprint density at radius 2 is 2.07 bits per heavy atom. The lowest BCUT2D eigenvalue weighted by atomic mass is 10.0. The number of fused-ring (bicyclic) bond motifs is 1. The molecular weight excluding hydrogens is 426 g/mol. The molecule has 0 fully saturated rings. The molecule has 150 valence electrons. The Morgan fingerprint density at radius 3 is 2.79 bits per heavy atom. The molecule has 0 unspecified atom stereocenters. The molecule has 0 aliphatic rings. The van der Waals surface area contributed by atoms with Gasteiger partial charge in [-0.3, -0.25) is 9.78 Å². The molecular formula is C20H19N3O3S3. The van der Waals surface area contributed by atoms with Gasteiger partial charge in [-0.2, -0.15) is 11.3 Å². The lowest BCUT2D eigenvalue weighted by Crippen LogP contribution is -2.31. The van der Waals surface area contributed by atoms with Crippen molar-refractivity contribution < 1.29 is 8.42 Å². The summed E-state index contributed by atoms with van der Waals surface area (Å²) in [5, 5.41) is 3.98. The number of rotatable bonds is 6. The molecule has 9 heteroatoms. The summed E-state index contributed by atoms with van der Waals surface area (Å²) in [6.45, 7) is 1.92. The van der Waals surface area contributed by atoms with Gasteiger partial charge in [-0.05, 0) is 65.6 Å². The maximum atomic E-state index is 13.2. The average Bonchev–Trinajstić information content (AvgIpc) is 3.29. The first-order valence-corrected chi connectivity index (χ1v) is 12.1. The topological polar surface area (TPSA) is 81.1 Å². The maximum absolute atomic E-state index is 13.2. The van der Waals surface area contributed by atoms with Gasteiger partial charge in [-0.1, -0.05) is 17.4 Å². The minimum absolute atomic E-state index is 0.123. The number of benzene rings is 1. The monoisotopic (exact) mass is 445 g/mol. The van der Waals surface area contributed by atoms with Crippen LogP contribution in [-0.4, -0.2) is 18.0 Å². The first-order chi connectivity index (χ1) is 13.8. The molecule has 3 aromatic heterocycles. The van der Waals surface area contributed by atoms with Crippen molar-refractivity contribution in [2.75, 3.05) is 0 Å². The molecule has 0 radical (unpaired) electrons. The maximum Gasteiger partial charge on any atom is 0.307 e. The normalized spacial score (nSPS) is 13.0. The Hall–Kier alpha value is -2.33. The molecule has 4 aromatic rings. The zero-order chi connectivity index (χ0) is 20.6. The summed E-state index contributed by atoms with van der Waals surface area (Å²) in [6, 6.07) is 9.99. The molecule has 0 aliphatic carbocycles. The summed E-state index contributed by atoms with van der Waals surface area (Å²) in [5.41, 5.74) is 3.39. The van der Waals surface area contributed by atoms with Crippen LogP contribution in [0.25, 0.3) is 10.2 Å². The van der Waals surface area contributed by atoms with Gasteiger partial charge in [0.25, 0.3) is 0 Å². The standard InChI is InChI=1S/C20H19N3O3S3/c1-13-4-3-8-21-19(13)16(10-14-7-9-27-12-14)22-29(25,26)15-5-6-17-18(11-15)28-20(24)23(17)2/h3-9,11-12,16,22H,10H2,1-2H3/t16-/m1/s1. The quantitative estimate of drug-likeness (QED) is 0.491. The Labute approximate surface area is 176 Å². The zero-order valence-electron chi connectivity index (χ0n) is 15.8. The third-order valence-electron chi connectivity index (χ3n) is 4.77. The van der Waals surface area contributed by atoms with E-state index in [2.05, 4.69) is 9.71 Å². The minimum atomic E-state index is -3.81. The molecule has 4 rings (SSSR count). The van der Waals surface area contributed by atoms with Gasteiger partial charge in [0.05, 0.1) is 26.8 Å². The lowest BCUT2D eigenvalue weighted by molar-refractivity contribution is 0.549. The van der Waals surface area contributed by atoms with Gasteiger partial charge in [0.15, 0.2) is 0 Å². The number of thiophene rings is 1. The van der Waals surface area contributed by atoms with Crippen molar-refractivity contribution in [3.05, 3.63) is 79.8 Å². The number of sulfonamides is 1. The molecule has 1 aromatic carbocycles. The second-order valence-electron chi connectivity index (χ2n) is 6.77. The highest BCUT2D eigenvalue weighted by molar-refractivity contribution is 7.89. The second-order valence-corrected chi connectivity index (χ2v) is 10.3. The van der Waals surface area contributed by atoms with Gasteiger partial charge in [0, 0.05) is 13.2 Å². The van der Waals surface area contributed by atoms with E-state index in [1.54, 1.807) is 36.7 Å². The third kappa shape index (κ3) is 4.04. The van der Waals surface area contributed by atoms with Crippen LogP contribution in [0.4, 0.5) is 0 Å². The predicted octanol–water partition coefficient (Wildman–Crippen LogP) is 3.63. The van der Waals surface area contributed by atoms with Crippen LogP contribution in [0.15, 0.2) is 63.0 Å². The largest absolute Gasteiger partial charge is 0.307 e. The number of aromatic nitrogens is 2. The smallest absolute Gasteiger partial charge is 0.302 e. The Kier molecular flexibility index (Phi) is 5.39. The summed E-state index contributed by atoms with van der Waals surface area (Å²) < 4.78 is 31.3. The van der Waals surface area contributed by atoms with Crippen molar-refractivity contribution in [3.63, 3.8) is 0 Å². The van der Waals surface area contributed by atoms with E-state index < -0.39 is 16.1 Å². The van der Waals surface area contributed by atoms with Crippen LogP contribution in [0.1, 0.15) is 22.9 Å². The van der Waals surface area contributed by atoms with Crippen molar-refractivity contribution in [2.45, 2.75) is 24.3 Å². The van der Waals surface area contributed by atoms with Gasteiger partial charge >= 0.3 is 4.87 Å². The highest BCUT2D eigenvalue weighted by Gasteiger charge is 2.24. The van der Waals surface area contributed by atoms with Gasteiger partial charge in [-0.15, -0.1) is 0 Å². The van der Waals surface area contributed by atoms with E-state index in [1.807, 2.05) is 35.9 Å². The average molecular weight is 446 g/mol. The molecule has 6 nitrogen and oxygen atoms in total. The summed E-state index contributed by atoms with van der Waals surface area (Å²) in [5.74, 6) is 0. The van der Waals surface area contributed by atoms with E-state index in [-0.39, 0.29) is 9.77 Å². The second kappa shape index (κ2) is 7.83. The summed E-state index contributed by atoms with van der Waals surface area (Å²) in [7, 11) is -2.14. The van der Waals surface area contributed by atoms with Crippen molar-refractivity contribution in [1.29, 1.82) is 0 Å². The molecule has 1 atom stereocenters. The molecule has 0 saturated heterocycles. The highest BCUT2D eigenvalue weighted by Crippen LogP contribution is 2.26. The number of thiazole rings is 1. The first-order valence-electron chi connectivity index (χ1n) is 8.89. The van der Waals surface area contributed by atoms with Crippen molar-refractivity contribution in [1.82, 2.24) is 14.3 Å². The van der Waals surface area contributed by atoms with Crippen LogP contribution in [0.3, 0.4) is 0 Å². The van der Waals surface area contributed by atoms with Crippen molar-refractivity contribution >= 4 is 42.9 Å². The number of hydrogen-bond acceptors (Lipinski definition) is 6. The lowest BCUT2D eigenvalue weighted by Gasteiger charge is -2.20. The minimum Gasteiger partial charge on any atom is -0.302 e. The van der Waals surface area contributed by atoms with E-state index in [0.717, 1.165) is 22.5 Å². The van der Waals surface area contributed by atoms with Crippen LogP contribution in [0.2, 0.25) is 0 Å². The van der Waals surface area contributed by atoms with Gasteiger partial charge in [0.1, 0.15) is 0 Å². The molecule has 0 spiro atoms. The Bertz CT molecular complexity index is 1320. The number of hydrogen-bond donors (Lipinski definition) is 1. The predicted molar refractivity (Wildman–Crippen MR) is 117 cm³/mol. The van der Waals surface area contributed by atoms with E-state index in [9.17, 15) is 13.2 Å². The van der Waals surface area contributed by atoms with Crippen molar-refractivity contribution in [3.8, 4) is 0 Å². The Balaban J connectivity index is 1.72. The van der Waals surface area contributed by atoms with E-state index >= 15 is 0 Å². The first kappa shape index (κ1) is 20.0. The van der Waals surface area contributed by atoms with Crippen molar-refractivity contribution in [2.24, 2.45) is 7.05 Å². The molecule has 0 amide bonds. The van der Waals surface area contributed by atoms with Gasteiger partial charge < -0.3 is 4.57 Å². The summed E-state index contributed by atoms with van der Waals surface area (Å²) in [6.07, 6.45) is 2.17. The zero-order valence-corrected chi connectivity index (χ0v) is 18.3. The molecule has 3 heterocycles. The summed E-state index contributed by atoms with van der Waals surface area (Å²) >= 11 is 2.61. The van der Waals surface area contributed by atoms with E-state index in [4.69, 9.17) is 0 Å². The number of nitrogens with one attached hydrogen (secondary N) is 1. The van der Waals surface area contributed by atoms with E-state index in [0.29, 0.717) is 22.3 Å². The van der Waals surface area contributed by atoms with Gasteiger partial charge in [0.2, 0.25) is 10.0 Å². The fourth-order valence-corrected chi connectivity index (χ4v) is 6.14. The number of nitrogens with zero attached hydrogens (tertiary/aromatic N) is 2. The fraction of sp³-hybridized carbons (Fsp3) is 0.200. The molecule has 0 bridgehead atoms. The fourth-order valence-electron chi connectivity index (χ4n) is 3.24. The van der Waals surface area contributed by atoms with E-state index in [1.165, 1.54) is 10.6 Å². The molecule has 0 saturated carbocycles. The molecule has 1 N–H and O–H groups in total. The number of aryl methyl sites for hydroxylation is 2. The van der Waals surface area contributed by atoms with Crippen LogP contribution < -0.4 is 9.60 Å². The highest BCUT2D eigenvalue weighted by atomic mass is 32.2. The van der Waals surface area contributed by atoms with Gasteiger partial charge in [-0.25, -0.2) is 13.1 Å². The van der Waals surface area contributed by atoms with Crippen LogP contribution in [0, 0.1) is 6.92 Å². The summed E-state index contributed by atoms with van der Waals surface area (Å²) in [4.78, 5) is 16.3.